The van der Waals surface area contributed by atoms with E-state index in [0.29, 0.717) is 6.61 Å². The highest BCUT2D eigenvalue weighted by Gasteiger charge is 2.32. The van der Waals surface area contributed by atoms with Crippen molar-refractivity contribution in [1.29, 1.82) is 0 Å². The van der Waals surface area contributed by atoms with E-state index in [2.05, 4.69) is 5.10 Å². The Morgan fingerprint density at radius 2 is 2.30 bits per heavy atom. The Hall–Kier alpha value is -1.40. The fourth-order valence-electron chi connectivity index (χ4n) is 3.44. The average Bonchev–Trinajstić information content (AvgIpc) is 3.25. The second-order valence-corrected chi connectivity index (χ2v) is 6.52. The molecule has 1 amide bonds. The molecule has 3 atom stereocenters. The summed E-state index contributed by atoms with van der Waals surface area (Å²) < 4.78 is 13.4. The molecule has 3 rings (SSSR count). The number of amides is 1. The van der Waals surface area contributed by atoms with Gasteiger partial charge in [0.15, 0.2) is 0 Å². The van der Waals surface area contributed by atoms with E-state index in [-0.39, 0.29) is 18.1 Å². The smallest absolute Gasteiger partial charge is 0.251 e. The number of ether oxygens (including phenoxy) is 2. The number of nitrogens with zero attached hydrogens (tertiary/aromatic N) is 3. The standard InChI is InChI=1S/C17H27N3O3/c1-14(23-13-16-7-2-3-11-22-16)17(21)20-10-4-6-15(20)12-19-9-5-8-18-19/h5,8-9,14-16H,2-4,6-7,10-13H2,1H3/t14-,15+,16+/m0/s1. The average molecular weight is 321 g/mol. The lowest BCUT2D eigenvalue weighted by molar-refractivity contribution is -0.147. The van der Waals surface area contributed by atoms with Crippen LogP contribution in [0, 0.1) is 0 Å². The van der Waals surface area contributed by atoms with Crippen molar-refractivity contribution >= 4 is 5.91 Å². The number of hydrogen-bond donors (Lipinski definition) is 0. The van der Waals surface area contributed by atoms with Crippen LogP contribution in [0.25, 0.3) is 0 Å². The van der Waals surface area contributed by atoms with Crippen molar-refractivity contribution < 1.29 is 14.3 Å². The van der Waals surface area contributed by atoms with Crippen LogP contribution in [0.1, 0.15) is 39.0 Å². The largest absolute Gasteiger partial charge is 0.376 e. The molecule has 2 fully saturated rings. The van der Waals surface area contributed by atoms with Crippen molar-refractivity contribution in [2.75, 3.05) is 19.8 Å². The topological polar surface area (TPSA) is 56.6 Å². The van der Waals surface area contributed by atoms with Gasteiger partial charge in [0.2, 0.25) is 0 Å². The molecule has 6 nitrogen and oxygen atoms in total. The van der Waals surface area contributed by atoms with Gasteiger partial charge in [-0.1, -0.05) is 0 Å². The third-order valence-corrected chi connectivity index (χ3v) is 4.77. The van der Waals surface area contributed by atoms with Crippen LogP contribution in [0.3, 0.4) is 0 Å². The lowest BCUT2D eigenvalue weighted by Gasteiger charge is -2.29. The minimum absolute atomic E-state index is 0.0930. The first kappa shape index (κ1) is 16.5. The molecule has 1 aromatic heterocycles. The highest BCUT2D eigenvalue weighted by molar-refractivity contribution is 5.81. The van der Waals surface area contributed by atoms with Crippen LogP contribution in [0.15, 0.2) is 18.5 Å². The van der Waals surface area contributed by atoms with Crippen molar-refractivity contribution in [3.63, 3.8) is 0 Å². The van der Waals surface area contributed by atoms with Gasteiger partial charge in [0.05, 0.1) is 25.3 Å². The first-order valence-electron chi connectivity index (χ1n) is 8.75. The zero-order valence-corrected chi connectivity index (χ0v) is 13.9. The van der Waals surface area contributed by atoms with Crippen molar-refractivity contribution in [3.05, 3.63) is 18.5 Å². The molecule has 23 heavy (non-hydrogen) atoms. The number of carbonyl (C=O) groups excluding carboxylic acids is 1. The summed E-state index contributed by atoms with van der Waals surface area (Å²) in [5.41, 5.74) is 0. The van der Waals surface area contributed by atoms with Crippen molar-refractivity contribution in [2.45, 2.75) is 63.8 Å². The van der Waals surface area contributed by atoms with Gasteiger partial charge in [0.1, 0.15) is 6.10 Å². The van der Waals surface area contributed by atoms with Crippen LogP contribution < -0.4 is 0 Å². The summed E-state index contributed by atoms with van der Waals surface area (Å²) >= 11 is 0. The highest BCUT2D eigenvalue weighted by Crippen LogP contribution is 2.21. The van der Waals surface area contributed by atoms with Gasteiger partial charge >= 0.3 is 0 Å². The van der Waals surface area contributed by atoms with Gasteiger partial charge in [-0.25, -0.2) is 0 Å². The molecule has 0 aromatic carbocycles. The lowest BCUT2D eigenvalue weighted by atomic mass is 10.1. The molecule has 1 aromatic rings. The maximum atomic E-state index is 12.7. The Morgan fingerprint density at radius 3 is 3.04 bits per heavy atom. The maximum Gasteiger partial charge on any atom is 0.251 e. The molecule has 3 heterocycles. The number of aromatic nitrogens is 2. The van der Waals surface area contributed by atoms with E-state index in [1.165, 1.54) is 6.42 Å². The third kappa shape index (κ3) is 4.32. The Bertz CT molecular complexity index is 485. The summed E-state index contributed by atoms with van der Waals surface area (Å²) in [6.07, 6.45) is 8.91. The van der Waals surface area contributed by atoms with E-state index in [1.807, 2.05) is 28.8 Å². The molecular formula is C17H27N3O3. The number of hydrogen-bond acceptors (Lipinski definition) is 4. The Balaban J connectivity index is 1.49. The lowest BCUT2D eigenvalue weighted by Crippen LogP contribution is -2.44. The summed E-state index contributed by atoms with van der Waals surface area (Å²) in [6, 6.07) is 2.14. The van der Waals surface area contributed by atoms with E-state index in [9.17, 15) is 4.79 Å². The first-order chi connectivity index (χ1) is 11.2. The van der Waals surface area contributed by atoms with Crippen molar-refractivity contribution in [1.82, 2.24) is 14.7 Å². The molecule has 0 saturated carbocycles. The predicted octanol–water partition coefficient (Wildman–Crippen LogP) is 1.85. The molecule has 2 aliphatic rings. The SMILES string of the molecule is C[C@H](OC[C@H]1CCCCO1)C(=O)N1CCC[C@@H]1Cn1cccn1. The fraction of sp³-hybridized carbons (Fsp3) is 0.765. The number of rotatable bonds is 6. The maximum absolute atomic E-state index is 12.7. The quantitative estimate of drug-likeness (QED) is 0.802. The van der Waals surface area contributed by atoms with E-state index in [0.717, 1.165) is 45.4 Å². The molecule has 0 spiro atoms. The summed E-state index contributed by atoms with van der Waals surface area (Å²) in [7, 11) is 0. The van der Waals surface area contributed by atoms with Crippen LogP contribution in [-0.4, -0.2) is 58.6 Å². The molecule has 0 N–H and O–H groups in total. The van der Waals surface area contributed by atoms with E-state index < -0.39 is 6.10 Å². The molecule has 0 bridgehead atoms. The van der Waals surface area contributed by atoms with Crippen LogP contribution in [-0.2, 0) is 20.8 Å². The van der Waals surface area contributed by atoms with Crippen molar-refractivity contribution in [2.24, 2.45) is 0 Å². The van der Waals surface area contributed by atoms with Gasteiger partial charge in [-0.05, 0) is 45.1 Å². The normalized spacial score (nSPS) is 26.4. The Kier molecular flexibility index (Phi) is 5.67. The number of carbonyl (C=O) groups is 1. The minimum Gasteiger partial charge on any atom is -0.376 e. The highest BCUT2D eigenvalue weighted by atomic mass is 16.5. The van der Waals surface area contributed by atoms with Gasteiger partial charge < -0.3 is 14.4 Å². The first-order valence-corrected chi connectivity index (χ1v) is 8.75. The van der Waals surface area contributed by atoms with Gasteiger partial charge in [-0.15, -0.1) is 0 Å². The molecule has 2 aliphatic heterocycles. The monoisotopic (exact) mass is 321 g/mol. The molecule has 0 unspecified atom stereocenters. The molecular weight excluding hydrogens is 294 g/mol. The number of likely N-dealkylation sites (tertiary alicyclic amines) is 1. The fourth-order valence-corrected chi connectivity index (χ4v) is 3.44. The minimum atomic E-state index is -0.404. The van der Waals surface area contributed by atoms with E-state index in [1.54, 1.807) is 6.20 Å². The predicted molar refractivity (Wildman–Crippen MR) is 86.0 cm³/mol. The summed E-state index contributed by atoms with van der Waals surface area (Å²) in [6.45, 7) is 4.77. The van der Waals surface area contributed by atoms with Gasteiger partial charge in [0.25, 0.3) is 5.91 Å². The summed E-state index contributed by atoms with van der Waals surface area (Å²) in [5, 5.41) is 4.25. The van der Waals surface area contributed by atoms with E-state index in [4.69, 9.17) is 9.47 Å². The van der Waals surface area contributed by atoms with Crippen LogP contribution in [0.4, 0.5) is 0 Å². The molecule has 0 radical (unpaired) electrons. The zero-order valence-electron chi connectivity index (χ0n) is 13.9. The molecule has 128 valence electrons. The Morgan fingerprint density at radius 1 is 1.39 bits per heavy atom. The van der Waals surface area contributed by atoms with E-state index >= 15 is 0 Å². The van der Waals surface area contributed by atoms with Crippen molar-refractivity contribution in [3.8, 4) is 0 Å². The van der Waals surface area contributed by atoms with Crippen LogP contribution >= 0.6 is 0 Å². The Labute approximate surface area is 137 Å². The molecule has 2 saturated heterocycles. The van der Waals surface area contributed by atoms with Gasteiger partial charge in [-0.2, -0.15) is 5.10 Å². The van der Waals surface area contributed by atoms with Gasteiger partial charge in [0, 0.05) is 25.5 Å². The second kappa shape index (κ2) is 7.93. The molecule has 0 aliphatic carbocycles. The second-order valence-electron chi connectivity index (χ2n) is 6.52. The zero-order chi connectivity index (χ0) is 16.1. The summed E-state index contributed by atoms with van der Waals surface area (Å²) in [5.74, 6) is 0.0930. The third-order valence-electron chi connectivity index (χ3n) is 4.77. The van der Waals surface area contributed by atoms with Crippen LogP contribution in [0.2, 0.25) is 0 Å². The molecule has 6 heteroatoms. The summed E-state index contributed by atoms with van der Waals surface area (Å²) in [4.78, 5) is 14.7. The van der Waals surface area contributed by atoms with Gasteiger partial charge in [-0.3, -0.25) is 9.48 Å². The van der Waals surface area contributed by atoms with Crippen LogP contribution in [0.5, 0.6) is 0 Å².